The van der Waals surface area contributed by atoms with Gasteiger partial charge < -0.3 is 15.9 Å². The molecule has 0 bridgehead atoms. The lowest BCUT2D eigenvalue weighted by atomic mass is 9.96. The monoisotopic (exact) mass is 223 g/mol. The van der Waals surface area contributed by atoms with E-state index in [1.807, 2.05) is 0 Å². The zero-order valence-corrected chi connectivity index (χ0v) is 9.93. The van der Waals surface area contributed by atoms with Crippen LogP contribution in [0.25, 0.3) is 0 Å². The lowest BCUT2D eigenvalue weighted by Gasteiger charge is -2.20. The van der Waals surface area contributed by atoms with Crippen molar-refractivity contribution in [2.45, 2.75) is 38.8 Å². The number of aliphatic hydroxyl groups is 1. The second-order valence-corrected chi connectivity index (χ2v) is 4.66. The summed E-state index contributed by atoms with van der Waals surface area (Å²) in [4.78, 5) is 0. The Hall–Kier alpha value is -1.06. The first-order valence-corrected chi connectivity index (χ1v) is 5.73. The summed E-state index contributed by atoms with van der Waals surface area (Å²) in [5.74, 6) is 0.786. The van der Waals surface area contributed by atoms with Gasteiger partial charge in [-0.15, -0.1) is 0 Å². The molecule has 1 rings (SSSR count). The topological polar surface area (TPSA) is 66.5 Å². The van der Waals surface area contributed by atoms with Gasteiger partial charge in [0.2, 0.25) is 0 Å². The first-order valence-electron chi connectivity index (χ1n) is 5.73. The van der Waals surface area contributed by atoms with Crippen LogP contribution in [0, 0.1) is 5.92 Å². The van der Waals surface area contributed by atoms with E-state index in [1.165, 1.54) is 0 Å². The van der Waals surface area contributed by atoms with Crippen LogP contribution in [0.4, 0.5) is 0 Å². The number of benzene rings is 1. The minimum Gasteiger partial charge on any atom is -0.508 e. The van der Waals surface area contributed by atoms with Crippen molar-refractivity contribution in [3.05, 3.63) is 29.8 Å². The summed E-state index contributed by atoms with van der Waals surface area (Å²) in [6.45, 7) is 4.25. The number of aliphatic hydroxyl groups excluding tert-OH is 1. The van der Waals surface area contributed by atoms with E-state index < -0.39 is 6.10 Å². The molecule has 1 aromatic rings. The molecule has 0 fully saturated rings. The van der Waals surface area contributed by atoms with Gasteiger partial charge in [0, 0.05) is 0 Å². The summed E-state index contributed by atoms with van der Waals surface area (Å²) < 4.78 is 0. The highest BCUT2D eigenvalue weighted by molar-refractivity contribution is 5.28. The lowest BCUT2D eigenvalue weighted by molar-refractivity contribution is 0.128. The molecule has 90 valence electrons. The molecule has 0 saturated heterocycles. The predicted molar refractivity (Wildman–Crippen MR) is 65.1 cm³/mol. The van der Waals surface area contributed by atoms with Crippen LogP contribution in [-0.2, 0) is 0 Å². The maximum Gasteiger partial charge on any atom is 0.115 e. The number of hydrogen-bond acceptors (Lipinski definition) is 3. The number of nitrogens with two attached hydrogens (primary N) is 1. The zero-order valence-electron chi connectivity index (χ0n) is 9.93. The van der Waals surface area contributed by atoms with E-state index in [-0.39, 0.29) is 11.8 Å². The maximum absolute atomic E-state index is 9.90. The molecule has 0 saturated carbocycles. The van der Waals surface area contributed by atoms with Crippen molar-refractivity contribution in [1.29, 1.82) is 0 Å². The van der Waals surface area contributed by atoms with Gasteiger partial charge in [0.1, 0.15) is 5.75 Å². The fourth-order valence-corrected chi connectivity index (χ4v) is 1.60. The van der Waals surface area contributed by atoms with Crippen LogP contribution in [0.1, 0.15) is 38.3 Å². The molecule has 4 N–H and O–H groups in total. The molecule has 0 amide bonds. The number of hydrogen-bond donors (Lipinski definition) is 3. The van der Waals surface area contributed by atoms with Crippen molar-refractivity contribution < 1.29 is 10.2 Å². The van der Waals surface area contributed by atoms with Crippen LogP contribution in [0.5, 0.6) is 5.75 Å². The smallest absolute Gasteiger partial charge is 0.115 e. The number of aromatic hydroxyl groups is 1. The van der Waals surface area contributed by atoms with E-state index in [0.29, 0.717) is 12.3 Å². The quantitative estimate of drug-likeness (QED) is 0.717. The van der Waals surface area contributed by atoms with Gasteiger partial charge >= 0.3 is 0 Å². The minimum absolute atomic E-state index is 0.215. The number of phenolic OH excluding ortho intramolecular Hbond substituents is 1. The predicted octanol–water partition coefficient (Wildman–Crippen LogP) is 2.19. The fraction of sp³-hybridized carbons (Fsp3) is 0.538. The Labute approximate surface area is 96.9 Å². The molecule has 16 heavy (non-hydrogen) atoms. The number of rotatable bonds is 5. The Bertz CT molecular complexity index is 308. The van der Waals surface area contributed by atoms with E-state index in [9.17, 15) is 5.11 Å². The van der Waals surface area contributed by atoms with Crippen LogP contribution in [0.2, 0.25) is 0 Å². The van der Waals surface area contributed by atoms with Crippen LogP contribution >= 0.6 is 0 Å². The molecule has 0 aliphatic carbocycles. The zero-order chi connectivity index (χ0) is 12.1. The highest BCUT2D eigenvalue weighted by atomic mass is 16.3. The summed E-state index contributed by atoms with van der Waals surface area (Å²) in [5, 5.41) is 19.1. The van der Waals surface area contributed by atoms with E-state index in [1.54, 1.807) is 24.3 Å². The van der Waals surface area contributed by atoms with Gasteiger partial charge in [0.05, 0.1) is 12.1 Å². The molecule has 0 aliphatic heterocycles. The highest BCUT2D eigenvalue weighted by Gasteiger charge is 2.16. The second-order valence-electron chi connectivity index (χ2n) is 4.66. The van der Waals surface area contributed by atoms with Crippen LogP contribution in [0.3, 0.4) is 0 Å². The molecule has 0 unspecified atom stereocenters. The molecule has 0 spiro atoms. The third kappa shape index (κ3) is 3.83. The van der Waals surface area contributed by atoms with E-state index in [0.717, 1.165) is 12.0 Å². The molecule has 3 heteroatoms. The average Bonchev–Trinajstić information content (AvgIpc) is 2.26. The van der Waals surface area contributed by atoms with Gasteiger partial charge in [0.25, 0.3) is 0 Å². The molecule has 0 radical (unpaired) electrons. The molecule has 1 aromatic carbocycles. The standard InChI is InChI=1S/C13H21NO2/c1-9(2)3-8-12(16)13(14)10-4-6-11(15)7-5-10/h4-7,9,12-13,15-16H,3,8,14H2,1-2H3/t12-,13+/m1/s1. The Morgan fingerprint density at radius 2 is 1.69 bits per heavy atom. The molecule has 0 aliphatic rings. The van der Waals surface area contributed by atoms with Crippen molar-refractivity contribution in [2.75, 3.05) is 0 Å². The van der Waals surface area contributed by atoms with E-state index >= 15 is 0 Å². The van der Waals surface area contributed by atoms with Crippen molar-refractivity contribution in [2.24, 2.45) is 11.7 Å². The molecule has 0 aromatic heterocycles. The minimum atomic E-state index is -0.521. The van der Waals surface area contributed by atoms with Crippen molar-refractivity contribution >= 4 is 0 Å². The first-order chi connectivity index (χ1) is 7.50. The SMILES string of the molecule is CC(C)CC[C@@H](O)[C@@H](N)c1ccc(O)cc1. The van der Waals surface area contributed by atoms with E-state index in [2.05, 4.69) is 13.8 Å². The van der Waals surface area contributed by atoms with Gasteiger partial charge in [-0.05, 0) is 36.5 Å². The largest absolute Gasteiger partial charge is 0.508 e. The number of phenols is 1. The Balaban J connectivity index is 2.56. The molecular formula is C13H21NO2. The summed E-state index contributed by atoms with van der Waals surface area (Å²) in [7, 11) is 0. The normalized spacial score (nSPS) is 15.1. The van der Waals surface area contributed by atoms with Gasteiger partial charge in [-0.2, -0.15) is 0 Å². The van der Waals surface area contributed by atoms with E-state index in [4.69, 9.17) is 10.8 Å². The average molecular weight is 223 g/mol. The van der Waals surface area contributed by atoms with Crippen LogP contribution in [-0.4, -0.2) is 16.3 Å². The summed E-state index contributed by atoms with van der Waals surface area (Å²) in [5.41, 5.74) is 6.80. The summed E-state index contributed by atoms with van der Waals surface area (Å²) in [6, 6.07) is 6.30. The van der Waals surface area contributed by atoms with Crippen molar-refractivity contribution in [3.8, 4) is 5.75 Å². The van der Waals surface area contributed by atoms with Crippen LogP contribution < -0.4 is 5.73 Å². The molecule has 3 nitrogen and oxygen atoms in total. The third-order valence-electron chi connectivity index (χ3n) is 2.73. The first kappa shape index (κ1) is 13.0. The summed E-state index contributed by atoms with van der Waals surface area (Å²) >= 11 is 0. The van der Waals surface area contributed by atoms with Gasteiger partial charge in [0.15, 0.2) is 0 Å². The highest BCUT2D eigenvalue weighted by Crippen LogP contribution is 2.21. The Kier molecular flexibility index (Phi) is 4.77. The van der Waals surface area contributed by atoms with Crippen molar-refractivity contribution in [3.63, 3.8) is 0 Å². The lowest BCUT2D eigenvalue weighted by Crippen LogP contribution is -2.26. The van der Waals surface area contributed by atoms with Gasteiger partial charge in [-0.25, -0.2) is 0 Å². The molecule has 0 heterocycles. The van der Waals surface area contributed by atoms with Crippen molar-refractivity contribution in [1.82, 2.24) is 0 Å². The fourth-order valence-electron chi connectivity index (χ4n) is 1.60. The molecular weight excluding hydrogens is 202 g/mol. The maximum atomic E-state index is 9.90. The second kappa shape index (κ2) is 5.87. The van der Waals surface area contributed by atoms with Gasteiger partial charge in [-0.3, -0.25) is 0 Å². The molecule has 2 atom stereocenters. The summed E-state index contributed by atoms with van der Waals surface area (Å²) in [6.07, 6.45) is 1.15. The third-order valence-corrected chi connectivity index (χ3v) is 2.73. The Morgan fingerprint density at radius 3 is 2.19 bits per heavy atom. The van der Waals surface area contributed by atoms with Crippen LogP contribution in [0.15, 0.2) is 24.3 Å². The Morgan fingerprint density at radius 1 is 1.12 bits per heavy atom. The van der Waals surface area contributed by atoms with Gasteiger partial charge in [-0.1, -0.05) is 26.0 Å².